The van der Waals surface area contributed by atoms with Crippen molar-refractivity contribution in [2.75, 3.05) is 0 Å². The van der Waals surface area contributed by atoms with Gasteiger partial charge in [0.25, 0.3) is 12.3 Å². The minimum atomic E-state index is -2.88. The van der Waals surface area contributed by atoms with Crippen LogP contribution in [0.15, 0.2) is 18.3 Å². The average Bonchev–Trinajstić information content (AvgIpc) is 3.34. The summed E-state index contributed by atoms with van der Waals surface area (Å²) in [5.41, 5.74) is 1.13. The number of carbonyl (C=O) groups is 1. The fourth-order valence-corrected chi connectivity index (χ4v) is 4.88. The smallest absolute Gasteiger partial charge is 0.280 e. The number of hydrogen-bond acceptors (Lipinski definition) is 3. The number of fused-ring (bicyclic) bond motifs is 1. The van der Waals surface area contributed by atoms with E-state index in [9.17, 15) is 26.7 Å². The van der Waals surface area contributed by atoms with Gasteiger partial charge in [0.1, 0.15) is 5.69 Å². The first kappa shape index (κ1) is 23.9. The number of hydrogen-bond donors (Lipinski definition) is 0. The van der Waals surface area contributed by atoms with Crippen molar-refractivity contribution < 1.29 is 26.7 Å². The third kappa shape index (κ3) is 3.67. The Morgan fingerprint density at radius 3 is 2.29 bits per heavy atom. The highest BCUT2D eigenvalue weighted by molar-refractivity contribution is 5.96. The van der Waals surface area contributed by atoms with Crippen LogP contribution >= 0.6 is 0 Å². The maximum absolute atomic E-state index is 14.0. The van der Waals surface area contributed by atoms with Crippen molar-refractivity contribution in [2.45, 2.75) is 51.6 Å². The number of halogens is 5. The van der Waals surface area contributed by atoms with E-state index >= 15 is 0 Å². The first-order valence-corrected chi connectivity index (χ1v) is 10.9. The molecule has 3 heterocycles. The van der Waals surface area contributed by atoms with Crippen molar-refractivity contribution in [1.29, 1.82) is 0 Å². The van der Waals surface area contributed by atoms with Crippen molar-refractivity contribution in [1.82, 2.24) is 24.5 Å². The number of rotatable bonds is 5. The standard InChI is InChI=1S/C23H24F5N5O/c1-5-12-9-13-19(30-32(4)20(13)11-7-15(24)18(26)16(25)8-11)17(6-2)33(12)23(34)14-10-29-31(3)21(14)22(27)28/h7-8,10,12,17,22H,5-6,9H2,1-4H3/t12-,17+/m0/s1. The molecule has 2 aromatic heterocycles. The minimum absolute atomic E-state index is 0.129. The van der Waals surface area contributed by atoms with Gasteiger partial charge in [-0.05, 0) is 31.4 Å². The molecule has 34 heavy (non-hydrogen) atoms. The van der Waals surface area contributed by atoms with Gasteiger partial charge in [0, 0.05) is 31.3 Å². The van der Waals surface area contributed by atoms with Crippen LogP contribution in [0.4, 0.5) is 22.0 Å². The van der Waals surface area contributed by atoms with E-state index in [1.54, 1.807) is 11.9 Å². The second-order valence-corrected chi connectivity index (χ2v) is 8.36. The summed E-state index contributed by atoms with van der Waals surface area (Å²) in [7, 11) is 2.95. The molecule has 0 fully saturated rings. The van der Waals surface area contributed by atoms with Gasteiger partial charge in [-0.2, -0.15) is 10.2 Å². The Morgan fingerprint density at radius 2 is 1.74 bits per heavy atom. The fraction of sp³-hybridized carbons (Fsp3) is 0.435. The topological polar surface area (TPSA) is 56.0 Å². The lowest BCUT2D eigenvalue weighted by Crippen LogP contribution is -2.47. The van der Waals surface area contributed by atoms with E-state index in [4.69, 9.17) is 0 Å². The molecule has 6 nitrogen and oxygen atoms in total. The molecule has 4 rings (SSSR count). The highest BCUT2D eigenvalue weighted by atomic mass is 19.3. The van der Waals surface area contributed by atoms with Gasteiger partial charge >= 0.3 is 0 Å². The summed E-state index contributed by atoms with van der Waals surface area (Å²) in [5.74, 6) is -4.75. The molecule has 182 valence electrons. The molecule has 1 amide bonds. The molecule has 0 saturated carbocycles. The van der Waals surface area contributed by atoms with E-state index in [1.165, 1.54) is 11.7 Å². The second kappa shape index (κ2) is 8.84. The molecule has 0 spiro atoms. The van der Waals surface area contributed by atoms with Crippen LogP contribution in [0.2, 0.25) is 0 Å². The molecule has 0 radical (unpaired) electrons. The summed E-state index contributed by atoms with van der Waals surface area (Å²) in [6.45, 7) is 3.71. The molecule has 0 N–H and O–H groups in total. The first-order valence-electron chi connectivity index (χ1n) is 10.9. The third-order valence-corrected chi connectivity index (χ3v) is 6.43. The van der Waals surface area contributed by atoms with Crippen LogP contribution in [-0.4, -0.2) is 36.4 Å². The Bertz CT molecular complexity index is 1230. The molecule has 0 aliphatic carbocycles. The normalized spacial score (nSPS) is 18.0. The molecule has 0 unspecified atom stereocenters. The van der Waals surface area contributed by atoms with Crippen molar-refractivity contribution >= 4 is 5.91 Å². The molecular formula is C23H24F5N5O. The van der Waals surface area contributed by atoms with E-state index in [0.29, 0.717) is 36.2 Å². The Balaban J connectivity index is 1.84. The summed E-state index contributed by atoms with van der Waals surface area (Å²) >= 11 is 0. The van der Waals surface area contributed by atoms with Gasteiger partial charge in [0.2, 0.25) is 0 Å². The Labute approximate surface area is 193 Å². The van der Waals surface area contributed by atoms with Gasteiger partial charge in [0.15, 0.2) is 17.5 Å². The summed E-state index contributed by atoms with van der Waals surface area (Å²) in [4.78, 5) is 15.1. The monoisotopic (exact) mass is 481 g/mol. The quantitative estimate of drug-likeness (QED) is 0.376. The fourth-order valence-electron chi connectivity index (χ4n) is 4.88. The summed E-state index contributed by atoms with van der Waals surface area (Å²) in [6, 6.07) is 0.898. The van der Waals surface area contributed by atoms with Crippen LogP contribution in [0.5, 0.6) is 0 Å². The van der Waals surface area contributed by atoms with Crippen LogP contribution in [0.1, 0.15) is 66.5 Å². The van der Waals surface area contributed by atoms with E-state index < -0.39 is 41.5 Å². The van der Waals surface area contributed by atoms with Crippen molar-refractivity contribution in [3.63, 3.8) is 0 Å². The number of aromatic nitrogens is 4. The molecule has 1 aliphatic rings. The molecule has 1 aliphatic heterocycles. The lowest BCUT2D eigenvalue weighted by molar-refractivity contribution is 0.0502. The van der Waals surface area contributed by atoms with Gasteiger partial charge in [0.05, 0.1) is 29.2 Å². The molecular weight excluding hydrogens is 457 g/mol. The number of benzene rings is 1. The van der Waals surface area contributed by atoms with E-state index in [1.807, 2.05) is 13.8 Å². The third-order valence-electron chi connectivity index (χ3n) is 6.43. The first-order chi connectivity index (χ1) is 16.1. The predicted molar refractivity (Wildman–Crippen MR) is 114 cm³/mol. The summed E-state index contributed by atoms with van der Waals surface area (Å²) < 4.78 is 71.2. The number of carbonyl (C=O) groups excluding carboxylic acids is 1. The predicted octanol–water partition coefficient (Wildman–Crippen LogP) is 5.10. The Kier molecular flexibility index (Phi) is 6.22. The van der Waals surface area contributed by atoms with Crippen LogP contribution in [0.3, 0.4) is 0 Å². The van der Waals surface area contributed by atoms with Crippen LogP contribution in [-0.2, 0) is 20.5 Å². The molecule has 3 aromatic rings. The summed E-state index contributed by atoms with van der Waals surface area (Å²) in [5, 5.41) is 8.38. The number of nitrogens with zero attached hydrogens (tertiary/aromatic N) is 5. The van der Waals surface area contributed by atoms with Crippen molar-refractivity contribution in [3.05, 3.63) is 58.3 Å². The van der Waals surface area contributed by atoms with Crippen LogP contribution in [0, 0.1) is 17.5 Å². The maximum Gasteiger partial charge on any atom is 0.280 e. The van der Waals surface area contributed by atoms with Gasteiger partial charge < -0.3 is 4.90 Å². The Hall–Kier alpha value is -3.24. The highest BCUT2D eigenvalue weighted by Gasteiger charge is 2.41. The second-order valence-electron chi connectivity index (χ2n) is 8.36. The van der Waals surface area contributed by atoms with E-state index in [0.717, 1.165) is 23.0 Å². The molecule has 11 heteroatoms. The number of alkyl halides is 2. The summed E-state index contributed by atoms with van der Waals surface area (Å²) in [6.07, 6.45) is -0.500. The SMILES string of the molecule is CC[C@H]1Cc2c(nn(C)c2-c2cc(F)c(F)c(F)c2)[C@@H](CC)N1C(=O)c1cnn(C)c1C(F)F. The van der Waals surface area contributed by atoms with Gasteiger partial charge in [-0.3, -0.25) is 14.2 Å². The molecule has 0 saturated heterocycles. The maximum atomic E-state index is 14.0. The zero-order valence-electron chi connectivity index (χ0n) is 19.1. The molecule has 1 aromatic carbocycles. The van der Waals surface area contributed by atoms with Gasteiger partial charge in [-0.15, -0.1) is 0 Å². The van der Waals surface area contributed by atoms with E-state index in [-0.39, 0.29) is 17.2 Å². The average molecular weight is 481 g/mol. The lowest BCUT2D eigenvalue weighted by Gasteiger charge is -2.41. The minimum Gasteiger partial charge on any atom is -0.327 e. The lowest BCUT2D eigenvalue weighted by atomic mass is 9.87. The highest BCUT2D eigenvalue weighted by Crippen LogP contribution is 2.42. The van der Waals surface area contributed by atoms with Crippen molar-refractivity contribution in [2.24, 2.45) is 14.1 Å². The number of aryl methyl sites for hydroxylation is 2. The van der Waals surface area contributed by atoms with E-state index in [2.05, 4.69) is 10.2 Å². The van der Waals surface area contributed by atoms with Crippen molar-refractivity contribution in [3.8, 4) is 11.3 Å². The van der Waals surface area contributed by atoms with Gasteiger partial charge in [-0.25, -0.2) is 22.0 Å². The largest absolute Gasteiger partial charge is 0.327 e. The van der Waals surface area contributed by atoms with Crippen LogP contribution < -0.4 is 0 Å². The zero-order chi connectivity index (χ0) is 24.9. The molecule has 2 atom stereocenters. The number of amides is 1. The Morgan fingerprint density at radius 1 is 1.09 bits per heavy atom. The van der Waals surface area contributed by atoms with Crippen LogP contribution in [0.25, 0.3) is 11.3 Å². The van der Waals surface area contributed by atoms with Gasteiger partial charge in [-0.1, -0.05) is 13.8 Å². The zero-order valence-corrected chi connectivity index (χ0v) is 19.1. The molecule has 0 bridgehead atoms.